The van der Waals surface area contributed by atoms with E-state index in [1.165, 1.54) is 17.7 Å². The van der Waals surface area contributed by atoms with Gasteiger partial charge in [-0.05, 0) is 50.1 Å². The van der Waals surface area contributed by atoms with E-state index in [1.54, 1.807) is 13.1 Å². The number of hydrogen-bond acceptors (Lipinski definition) is 5. The number of pyridine rings is 1. The minimum Gasteiger partial charge on any atom is -0.482 e. The Labute approximate surface area is 210 Å². The largest absolute Gasteiger partial charge is 0.482 e. The van der Waals surface area contributed by atoms with Crippen LogP contribution in [0.25, 0.3) is 11.1 Å². The van der Waals surface area contributed by atoms with Crippen LogP contribution in [0.15, 0.2) is 48.7 Å². The Kier molecular flexibility index (Phi) is 7.33. The third-order valence-corrected chi connectivity index (χ3v) is 7.02. The molecular formula is C26H29Cl2FN4O. The van der Waals surface area contributed by atoms with Gasteiger partial charge in [0.25, 0.3) is 0 Å². The molecule has 0 aliphatic carbocycles. The van der Waals surface area contributed by atoms with Gasteiger partial charge in [-0.1, -0.05) is 47.5 Å². The Morgan fingerprint density at radius 3 is 2.62 bits per heavy atom. The predicted octanol–water partition coefficient (Wildman–Crippen LogP) is 6.10. The highest BCUT2D eigenvalue weighted by molar-refractivity contribution is 6.36. The van der Waals surface area contributed by atoms with Gasteiger partial charge in [0.05, 0.1) is 5.02 Å². The molecule has 4 rings (SSSR count). The summed E-state index contributed by atoms with van der Waals surface area (Å²) in [6, 6.07) is 12.9. The fourth-order valence-corrected chi connectivity index (χ4v) is 4.89. The Morgan fingerprint density at radius 1 is 1.18 bits per heavy atom. The van der Waals surface area contributed by atoms with Gasteiger partial charge in [0.15, 0.2) is 11.6 Å². The van der Waals surface area contributed by atoms with Crippen LogP contribution in [0.5, 0.6) is 5.75 Å². The lowest BCUT2D eigenvalue weighted by Crippen LogP contribution is -2.57. The number of aromatic nitrogens is 1. The number of ether oxygens (including phenoxy) is 1. The molecule has 1 fully saturated rings. The standard InChI is InChI=1S/C26H29Cl2FN4O/c1-16(23-20(27)8-9-21(29)24(23)28)34-22-12-19(13-32-25(22)30)18-6-4-17(5-7-18)14-33-11-10-31-15-26(33,2)3/h4-9,12-13,16,31H,10-11,14-15H2,1-3H3,(H2,30,32). The number of nitrogens with two attached hydrogens (primary N) is 1. The van der Waals surface area contributed by atoms with E-state index in [9.17, 15) is 4.39 Å². The molecule has 1 unspecified atom stereocenters. The molecule has 1 saturated heterocycles. The fourth-order valence-electron chi connectivity index (χ4n) is 4.21. The van der Waals surface area contributed by atoms with Crippen LogP contribution in [0.2, 0.25) is 10.0 Å². The molecule has 3 aromatic rings. The van der Waals surface area contributed by atoms with Crippen molar-refractivity contribution in [2.24, 2.45) is 0 Å². The van der Waals surface area contributed by atoms with Crippen LogP contribution in [0, 0.1) is 5.82 Å². The molecule has 2 aromatic carbocycles. The second-order valence-corrected chi connectivity index (χ2v) is 10.0. The summed E-state index contributed by atoms with van der Waals surface area (Å²) in [7, 11) is 0. The van der Waals surface area contributed by atoms with Gasteiger partial charge in [-0.25, -0.2) is 9.37 Å². The maximum absolute atomic E-state index is 14.0. The second-order valence-electron chi connectivity index (χ2n) is 9.23. The quantitative estimate of drug-likeness (QED) is 0.398. The molecule has 1 atom stereocenters. The lowest BCUT2D eigenvalue weighted by Gasteiger charge is -2.42. The highest BCUT2D eigenvalue weighted by atomic mass is 35.5. The zero-order valence-corrected chi connectivity index (χ0v) is 21.1. The van der Waals surface area contributed by atoms with Crippen molar-refractivity contribution < 1.29 is 9.13 Å². The number of benzene rings is 2. The van der Waals surface area contributed by atoms with Gasteiger partial charge < -0.3 is 15.8 Å². The molecule has 1 aliphatic rings. The summed E-state index contributed by atoms with van der Waals surface area (Å²) >= 11 is 12.4. The SMILES string of the molecule is CC(Oc1cc(-c2ccc(CN3CCNCC3(C)C)cc2)cnc1N)c1c(Cl)ccc(F)c1Cl. The van der Waals surface area contributed by atoms with Crippen molar-refractivity contribution in [2.45, 2.75) is 39.0 Å². The Hall–Kier alpha value is -2.38. The number of halogens is 3. The first-order valence-corrected chi connectivity index (χ1v) is 12.0. The van der Waals surface area contributed by atoms with Crippen LogP contribution in [-0.2, 0) is 6.54 Å². The number of piperazine rings is 1. The van der Waals surface area contributed by atoms with E-state index in [4.69, 9.17) is 33.7 Å². The smallest absolute Gasteiger partial charge is 0.166 e. The number of nitrogens with one attached hydrogen (secondary N) is 1. The molecule has 180 valence electrons. The van der Waals surface area contributed by atoms with Crippen molar-refractivity contribution in [1.82, 2.24) is 15.2 Å². The lowest BCUT2D eigenvalue weighted by atomic mass is 9.98. The molecule has 1 aliphatic heterocycles. The zero-order chi connectivity index (χ0) is 24.5. The first-order chi connectivity index (χ1) is 16.2. The van der Waals surface area contributed by atoms with Crippen molar-refractivity contribution in [3.63, 3.8) is 0 Å². The van der Waals surface area contributed by atoms with E-state index in [-0.39, 0.29) is 16.4 Å². The van der Waals surface area contributed by atoms with Gasteiger partial charge in [-0.3, -0.25) is 4.90 Å². The van der Waals surface area contributed by atoms with Gasteiger partial charge >= 0.3 is 0 Å². The maximum Gasteiger partial charge on any atom is 0.166 e. The Bertz CT molecular complexity index is 1170. The zero-order valence-electron chi connectivity index (χ0n) is 19.5. The molecule has 8 heteroatoms. The van der Waals surface area contributed by atoms with E-state index in [0.29, 0.717) is 16.3 Å². The molecule has 1 aromatic heterocycles. The molecule has 0 saturated carbocycles. The molecule has 0 radical (unpaired) electrons. The summed E-state index contributed by atoms with van der Waals surface area (Å²) in [6.07, 6.45) is 1.09. The van der Waals surface area contributed by atoms with E-state index >= 15 is 0 Å². The monoisotopic (exact) mass is 502 g/mol. The molecule has 0 bridgehead atoms. The fraction of sp³-hybridized carbons (Fsp3) is 0.346. The van der Waals surface area contributed by atoms with Gasteiger partial charge in [-0.2, -0.15) is 0 Å². The highest BCUT2D eigenvalue weighted by Crippen LogP contribution is 2.37. The normalized spacial score (nSPS) is 16.9. The van der Waals surface area contributed by atoms with E-state index in [1.807, 2.05) is 6.07 Å². The van der Waals surface area contributed by atoms with Crippen molar-refractivity contribution in [3.05, 3.63) is 75.7 Å². The number of hydrogen-bond donors (Lipinski definition) is 2. The van der Waals surface area contributed by atoms with Gasteiger partial charge in [-0.15, -0.1) is 0 Å². The maximum atomic E-state index is 14.0. The van der Waals surface area contributed by atoms with Crippen LogP contribution in [0.3, 0.4) is 0 Å². The summed E-state index contributed by atoms with van der Waals surface area (Å²) in [4.78, 5) is 6.80. The van der Waals surface area contributed by atoms with Crippen LogP contribution in [0.4, 0.5) is 10.2 Å². The molecule has 5 nitrogen and oxygen atoms in total. The van der Waals surface area contributed by atoms with E-state index in [0.717, 1.165) is 37.3 Å². The van der Waals surface area contributed by atoms with Crippen molar-refractivity contribution in [2.75, 3.05) is 25.4 Å². The molecule has 3 N–H and O–H groups in total. The Morgan fingerprint density at radius 2 is 1.91 bits per heavy atom. The number of rotatable bonds is 6. The summed E-state index contributed by atoms with van der Waals surface area (Å²) < 4.78 is 20.0. The Balaban J connectivity index is 1.52. The topological polar surface area (TPSA) is 63.4 Å². The van der Waals surface area contributed by atoms with E-state index < -0.39 is 11.9 Å². The molecule has 2 heterocycles. The first-order valence-electron chi connectivity index (χ1n) is 11.3. The van der Waals surface area contributed by atoms with Crippen molar-refractivity contribution in [3.8, 4) is 16.9 Å². The summed E-state index contributed by atoms with van der Waals surface area (Å²) in [5.41, 5.74) is 9.67. The predicted molar refractivity (Wildman–Crippen MR) is 137 cm³/mol. The van der Waals surface area contributed by atoms with Gasteiger partial charge in [0.2, 0.25) is 0 Å². The summed E-state index contributed by atoms with van der Waals surface area (Å²) in [5.74, 6) is 0.0607. The lowest BCUT2D eigenvalue weighted by molar-refractivity contribution is 0.0828. The number of nitrogens with zero attached hydrogens (tertiary/aromatic N) is 2. The average Bonchev–Trinajstić information content (AvgIpc) is 2.80. The third-order valence-electron chi connectivity index (χ3n) is 6.30. The number of anilines is 1. The van der Waals surface area contributed by atoms with Gasteiger partial charge in [0, 0.05) is 54.1 Å². The van der Waals surface area contributed by atoms with Crippen LogP contribution >= 0.6 is 23.2 Å². The minimum atomic E-state index is -0.625. The van der Waals surface area contributed by atoms with Crippen molar-refractivity contribution in [1.29, 1.82) is 0 Å². The van der Waals surface area contributed by atoms with Crippen LogP contribution in [0.1, 0.15) is 38.0 Å². The molecule has 34 heavy (non-hydrogen) atoms. The van der Waals surface area contributed by atoms with Crippen molar-refractivity contribution >= 4 is 29.0 Å². The number of nitrogen functional groups attached to an aromatic ring is 1. The molecule has 0 amide bonds. The molecular weight excluding hydrogens is 474 g/mol. The van der Waals surface area contributed by atoms with Crippen LogP contribution in [-0.4, -0.2) is 35.1 Å². The van der Waals surface area contributed by atoms with Crippen LogP contribution < -0.4 is 15.8 Å². The third kappa shape index (κ3) is 5.31. The summed E-state index contributed by atoms with van der Waals surface area (Å²) in [5, 5.41) is 3.72. The summed E-state index contributed by atoms with van der Waals surface area (Å²) in [6.45, 7) is 10.2. The van der Waals surface area contributed by atoms with Gasteiger partial charge in [0.1, 0.15) is 11.9 Å². The second kappa shape index (κ2) is 10.1. The molecule has 0 spiro atoms. The minimum absolute atomic E-state index is 0.0639. The first kappa shape index (κ1) is 24.7. The van der Waals surface area contributed by atoms with E-state index in [2.05, 4.69) is 53.3 Å². The average molecular weight is 503 g/mol. The highest BCUT2D eigenvalue weighted by Gasteiger charge is 2.29.